The van der Waals surface area contributed by atoms with Gasteiger partial charge in [0.2, 0.25) is 5.91 Å². The zero-order valence-electron chi connectivity index (χ0n) is 11.2. The van der Waals surface area contributed by atoms with Gasteiger partial charge in [-0.15, -0.1) is 0 Å². The molecule has 0 saturated carbocycles. The highest BCUT2D eigenvalue weighted by Gasteiger charge is 2.14. The molecule has 0 aliphatic heterocycles. The van der Waals surface area contributed by atoms with E-state index in [1.165, 1.54) is 11.8 Å². The molecule has 1 amide bonds. The van der Waals surface area contributed by atoms with E-state index in [9.17, 15) is 9.59 Å². The van der Waals surface area contributed by atoms with E-state index >= 15 is 0 Å². The van der Waals surface area contributed by atoms with Crippen molar-refractivity contribution < 1.29 is 14.7 Å². The van der Waals surface area contributed by atoms with Gasteiger partial charge < -0.3 is 20.6 Å². The monoisotopic (exact) mass is 277 g/mol. The van der Waals surface area contributed by atoms with Crippen LogP contribution in [0.5, 0.6) is 0 Å². The summed E-state index contributed by atoms with van der Waals surface area (Å²) >= 11 is 1.45. The van der Waals surface area contributed by atoms with Gasteiger partial charge in [-0.2, -0.15) is 11.8 Å². The lowest BCUT2D eigenvalue weighted by Gasteiger charge is -2.11. The average Bonchev–Trinajstić information content (AvgIpc) is 2.28. The predicted octanol–water partition coefficient (Wildman–Crippen LogP) is -0.540. The van der Waals surface area contributed by atoms with Gasteiger partial charge >= 0.3 is 5.97 Å². The van der Waals surface area contributed by atoms with Crippen molar-refractivity contribution in [2.75, 3.05) is 45.7 Å². The fourth-order valence-electron chi connectivity index (χ4n) is 1.23. The zero-order chi connectivity index (χ0) is 14.0. The summed E-state index contributed by atoms with van der Waals surface area (Å²) in [7, 11) is 5.52. The summed E-state index contributed by atoms with van der Waals surface area (Å²) < 4.78 is 0. The normalized spacial score (nSPS) is 12.4. The third-order valence-corrected chi connectivity index (χ3v) is 3.30. The second-order valence-electron chi connectivity index (χ2n) is 4.17. The minimum Gasteiger partial charge on any atom is -0.480 e. The molecule has 0 rings (SSSR count). The summed E-state index contributed by atoms with van der Waals surface area (Å²) in [5.41, 5.74) is 0. The van der Waals surface area contributed by atoms with Crippen molar-refractivity contribution in [3.8, 4) is 0 Å². The largest absolute Gasteiger partial charge is 0.480 e. The van der Waals surface area contributed by atoms with Crippen LogP contribution in [0.4, 0.5) is 0 Å². The van der Waals surface area contributed by atoms with Crippen molar-refractivity contribution in [2.24, 2.45) is 0 Å². The van der Waals surface area contributed by atoms with Gasteiger partial charge in [-0.05, 0) is 33.3 Å². The van der Waals surface area contributed by atoms with Crippen LogP contribution in [0, 0.1) is 0 Å². The van der Waals surface area contributed by atoms with Crippen molar-refractivity contribution in [2.45, 2.75) is 12.5 Å². The molecule has 0 aliphatic rings. The smallest absolute Gasteiger partial charge is 0.320 e. The number of carbonyl (C=O) groups is 2. The topological polar surface area (TPSA) is 81.7 Å². The Balaban J connectivity index is 3.53. The van der Waals surface area contributed by atoms with Gasteiger partial charge in [-0.3, -0.25) is 9.59 Å². The highest BCUT2D eigenvalue weighted by molar-refractivity contribution is 7.99. The predicted molar refractivity (Wildman–Crippen MR) is 74.0 cm³/mol. The van der Waals surface area contributed by atoms with Gasteiger partial charge in [0.1, 0.15) is 6.04 Å². The molecule has 0 aromatic rings. The lowest BCUT2D eigenvalue weighted by atomic mass is 10.2. The molecule has 6 nitrogen and oxygen atoms in total. The van der Waals surface area contributed by atoms with E-state index in [2.05, 4.69) is 10.6 Å². The Labute approximate surface area is 112 Å². The molecule has 0 aromatic heterocycles. The molecule has 0 bridgehead atoms. The molecule has 0 heterocycles. The fourth-order valence-corrected chi connectivity index (χ4v) is 2.06. The Morgan fingerprint density at radius 3 is 2.56 bits per heavy atom. The van der Waals surface area contributed by atoms with Crippen LogP contribution >= 0.6 is 11.8 Å². The number of carboxylic acid groups (broad SMARTS) is 1. The molecule has 1 atom stereocenters. The summed E-state index contributed by atoms with van der Waals surface area (Å²) in [6, 6.07) is -0.533. The van der Waals surface area contributed by atoms with Crippen LogP contribution in [0.15, 0.2) is 0 Å². The lowest BCUT2D eigenvalue weighted by Crippen LogP contribution is -2.34. The van der Waals surface area contributed by atoms with E-state index in [1.807, 2.05) is 19.0 Å². The van der Waals surface area contributed by atoms with Crippen molar-refractivity contribution in [1.29, 1.82) is 0 Å². The van der Waals surface area contributed by atoms with Crippen LogP contribution in [-0.2, 0) is 9.59 Å². The first-order valence-electron chi connectivity index (χ1n) is 5.86. The molecule has 0 unspecified atom stereocenters. The van der Waals surface area contributed by atoms with Crippen LogP contribution in [-0.4, -0.2) is 73.7 Å². The molecule has 0 aromatic carbocycles. The third kappa shape index (κ3) is 9.26. The molecule has 0 aliphatic carbocycles. The minimum atomic E-state index is -0.853. The molecule has 18 heavy (non-hydrogen) atoms. The Hall–Kier alpha value is -0.790. The van der Waals surface area contributed by atoms with E-state index < -0.39 is 12.0 Å². The fraction of sp³-hybridized carbons (Fsp3) is 0.818. The van der Waals surface area contributed by atoms with Gasteiger partial charge in [-0.1, -0.05) is 0 Å². The molecule has 7 heteroatoms. The van der Waals surface area contributed by atoms with Crippen molar-refractivity contribution in [3.63, 3.8) is 0 Å². The van der Waals surface area contributed by atoms with Crippen LogP contribution in [0.1, 0.15) is 6.42 Å². The van der Waals surface area contributed by atoms with E-state index in [4.69, 9.17) is 5.11 Å². The SMILES string of the molecule is CN[C@@H](CCSCC(=O)NCCN(C)C)C(=O)O. The van der Waals surface area contributed by atoms with Crippen LogP contribution in [0.3, 0.4) is 0 Å². The number of amides is 1. The number of likely N-dealkylation sites (N-methyl/N-ethyl adjacent to an activating group) is 2. The number of carbonyl (C=O) groups excluding carboxylic acids is 1. The summed E-state index contributed by atoms with van der Waals surface area (Å²) in [6.07, 6.45) is 0.515. The molecular formula is C11H23N3O3S. The Morgan fingerprint density at radius 2 is 2.06 bits per heavy atom. The number of hydrogen-bond acceptors (Lipinski definition) is 5. The number of carboxylic acids is 1. The standard InChI is InChI=1S/C11H23N3O3S/c1-12-9(11(16)17)4-7-18-8-10(15)13-5-6-14(2)3/h9,12H,4-8H2,1-3H3,(H,13,15)(H,16,17)/t9-/m0/s1. The molecule has 0 saturated heterocycles. The van der Waals surface area contributed by atoms with Crippen LogP contribution < -0.4 is 10.6 Å². The van der Waals surface area contributed by atoms with Gasteiger partial charge in [-0.25, -0.2) is 0 Å². The first-order valence-corrected chi connectivity index (χ1v) is 7.02. The average molecular weight is 277 g/mol. The van der Waals surface area contributed by atoms with E-state index in [0.717, 1.165) is 6.54 Å². The number of nitrogens with zero attached hydrogens (tertiary/aromatic N) is 1. The maximum atomic E-state index is 11.4. The minimum absolute atomic E-state index is 0.00168. The molecule has 106 valence electrons. The summed E-state index contributed by atoms with van der Waals surface area (Å²) in [6.45, 7) is 1.46. The number of hydrogen-bond donors (Lipinski definition) is 3. The van der Waals surface area contributed by atoms with Gasteiger partial charge in [0.15, 0.2) is 0 Å². The van der Waals surface area contributed by atoms with E-state index in [-0.39, 0.29) is 5.91 Å². The number of nitrogens with one attached hydrogen (secondary N) is 2. The maximum absolute atomic E-state index is 11.4. The molecule has 0 fully saturated rings. The van der Waals surface area contributed by atoms with Gasteiger partial charge in [0.05, 0.1) is 5.75 Å². The second-order valence-corrected chi connectivity index (χ2v) is 5.28. The van der Waals surface area contributed by atoms with Crippen LogP contribution in [0.25, 0.3) is 0 Å². The van der Waals surface area contributed by atoms with Crippen molar-refractivity contribution >= 4 is 23.6 Å². The summed E-state index contributed by atoms with van der Waals surface area (Å²) in [5, 5.41) is 14.3. The molecular weight excluding hydrogens is 254 g/mol. The van der Waals surface area contributed by atoms with Crippen molar-refractivity contribution in [1.82, 2.24) is 15.5 Å². The quantitative estimate of drug-likeness (QED) is 0.465. The second kappa shape index (κ2) is 10.2. The summed E-state index contributed by atoms with van der Waals surface area (Å²) in [4.78, 5) is 24.1. The number of thioether (sulfide) groups is 1. The van der Waals surface area contributed by atoms with Gasteiger partial charge in [0, 0.05) is 13.1 Å². The Morgan fingerprint density at radius 1 is 1.39 bits per heavy atom. The number of aliphatic carboxylic acids is 1. The number of rotatable bonds is 10. The first-order chi connectivity index (χ1) is 8.47. The third-order valence-electron chi connectivity index (χ3n) is 2.31. The van der Waals surface area contributed by atoms with Crippen LogP contribution in [0.2, 0.25) is 0 Å². The zero-order valence-corrected chi connectivity index (χ0v) is 12.0. The Bertz CT molecular complexity index is 262. The first kappa shape index (κ1) is 17.2. The molecule has 0 radical (unpaired) electrons. The van der Waals surface area contributed by atoms with Crippen molar-refractivity contribution in [3.05, 3.63) is 0 Å². The van der Waals surface area contributed by atoms with Gasteiger partial charge in [0.25, 0.3) is 0 Å². The molecule has 0 spiro atoms. The highest BCUT2D eigenvalue weighted by Crippen LogP contribution is 2.04. The Kier molecular flexibility index (Phi) is 9.72. The van der Waals surface area contributed by atoms with E-state index in [0.29, 0.717) is 24.5 Å². The maximum Gasteiger partial charge on any atom is 0.320 e. The van der Waals surface area contributed by atoms with E-state index in [1.54, 1.807) is 7.05 Å². The summed E-state index contributed by atoms with van der Waals surface area (Å²) in [5.74, 6) is 0.175. The molecule has 3 N–H and O–H groups in total. The lowest BCUT2D eigenvalue weighted by molar-refractivity contribution is -0.139. The highest BCUT2D eigenvalue weighted by atomic mass is 32.2.